The van der Waals surface area contributed by atoms with Gasteiger partial charge in [0.15, 0.2) is 0 Å². The van der Waals surface area contributed by atoms with Gasteiger partial charge in [-0.05, 0) is 17.5 Å². The van der Waals surface area contributed by atoms with Crippen molar-refractivity contribution in [3.05, 3.63) is 71.8 Å². The maximum atomic E-state index is 13.0. The van der Waals surface area contributed by atoms with Gasteiger partial charge in [-0.2, -0.15) is 0 Å². The topological polar surface area (TPSA) is 63.6 Å². The second kappa shape index (κ2) is 10.2. The molecule has 29 heavy (non-hydrogen) atoms. The van der Waals surface area contributed by atoms with Crippen molar-refractivity contribution in [1.29, 1.82) is 0 Å². The molecule has 0 bridgehead atoms. The summed E-state index contributed by atoms with van der Waals surface area (Å²) >= 11 is 0. The first-order valence-electron chi connectivity index (χ1n) is 10.6. The van der Waals surface area contributed by atoms with Gasteiger partial charge in [0, 0.05) is 11.8 Å². The summed E-state index contributed by atoms with van der Waals surface area (Å²) in [5, 5.41) is 9.94. The van der Waals surface area contributed by atoms with Gasteiger partial charge in [0.2, 0.25) is 0 Å². The summed E-state index contributed by atoms with van der Waals surface area (Å²) in [6.07, 6.45) is 5.43. The molecular weight excluding hydrogens is 364 g/mol. The zero-order valence-corrected chi connectivity index (χ0v) is 17.0. The molecule has 4 heteroatoms. The second-order valence-corrected chi connectivity index (χ2v) is 7.84. The Morgan fingerprint density at radius 3 is 1.79 bits per heavy atom. The molecule has 2 aromatic rings. The summed E-state index contributed by atoms with van der Waals surface area (Å²) in [7, 11) is 0. The van der Waals surface area contributed by atoms with Crippen molar-refractivity contribution in [2.24, 2.45) is 11.8 Å². The van der Waals surface area contributed by atoms with Gasteiger partial charge in [0.05, 0.1) is 18.4 Å². The number of aliphatic carboxylic acids is 1. The first-order chi connectivity index (χ1) is 14.1. The van der Waals surface area contributed by atoms with Crippen LogP contribution in [0.5, 0.6) is 0 Å². The summed E-state index contributed by atoms with van der Waals surface area (Å²) < 4.78 is 5.63. The van der Waals surface area contributed by atoms with E-state index in [4.69, 9.17) is 4.74 Å². The van der Waals surface area contributed by atoms with Crippen LogP contribution in [-0.4, -0.2) is 23.7 Å². The maximum absolute atomic E-state index is 13.0. The van der Waals surface area contributed by atoms with E-state index in [1.807, 2.05) is 60.7 Å². The summed E-state index contributed by atoms with van der Waals surface area (Å²) in [6, 6.07) is 19.0. The normalized spacial score (nSPS) is 23.2. The average molecular weight is 395 g/mol. The van der Waals surface area contributed by atoms with Gasteiger partial charge in [-0.15, -0.1) is 0 Å². The first kappa shape index (κ1) is 21.1. The van der Waals surface area contributed by atoms with E-state index < -0.39 is 17.8 Å². The van der Waals surface area contributed by atoms with Crippen LogP contribution < -0.4 is 0 Å². The standard InChI is InChI=1S/C25H30O4/c1-2-3-4-5-12-17-29-25(28)23-20(18-13-8-6-9-14-18)22(24(26)27)21(23)19-15-10-7-11-16-19/h6-11,13-16,20-23H,2-5,12,17H2,1H3,(H,26,27)/t20-,21+,22?,23?. The molecule has 1 aliphatic carbocycles. The molecule has 1 saturated carbocycles. The molecule has 0 heterocycles. The molecule has 1 fully saturated rings. The van der Waals surface area contributed by atoms with E-state index in [0.717, 1.165) is 30.4 Å². The highest BCUT2D eigenvalue weighted by Gasteiger charge is 2.59. The number of hydrogen-bond acceptors (Lipinski definition) is 3. The van der Waals surface area contributed by atoms with Crippen molar-refractivity contribution in [3.63, 3.8) is 0 Å². The number of benzene rings is 2. The van der Waals surface area contributed by atoms with E-state index in [1.165, 1.54) is 12.8 Å². The number of unbranched alkanes of at least 4 members (excludes halogenated alkanes) is 4. The molecule has 0 spiro atoms. The van der Waals surface area contributed by atoms with Crippen molar-refractivity contribution < 1.29 is 19.4 Å². The Kier molecular flexibility index (Phi) is 7.45. The van der Waals surface area contributed by atoms with Crippen molar-refractivity contribution >= 4 is 11.9 Å². The maximum Gasteiger partial charge on any atom is 0.310 e. The largest absolute Gasteiger partial charge is 0.481 e. The van der Waals surface area contributed by atoms with Crippen LogP contribution in [0.2, 0.25) is 0 Å². The van der Waals surface area contributed by atoms with Gasteiger partial charge in [-0.1, -0.05) is 93.3 Å². The molecule has 1 N–H and O–H groups in total. The van der Waals surface area contributed by atoms with Crippen LogP contribution in [0.25, 0.3) is 0 Å². The number of esters is 1. The first-order valence-corrected chi connectivity index (χ1v) is 10.6. The van der Waals surface area contributed by atoms with E-state index >= 15 is 0 Å². The van der Waals surface area contributed by atoms with Crippen LogP contribution >= 0.6 is 0 Å². The Morgan fingerprint density at radius 2 is 1.31 bits per heavy atom. The number of carbonyl (C=O) groups is 2. The van der Waals surface area contributed by atoms with Crippen molar-refractivity contribution in [2.45, 2.75) is 50.9 Å². The van der Waals surface area contributed by atoms with E-state index in [2.05, 4.69) is 6.92 Å². The molecule has 0 radical (unpaired) electrons. The van der Waals surface area contributed by atoms with Crippen LogP contribution in [-0.2, 0) is 14.3 Å². The number of carboxylic acids is 1. The summed E-state index contributed by atoms with van der Waals surface area (Å²) in [6.45, 7) is 2.57. The SMILES string of the molecule is CCCCCCCOC(=O)C1[C@H](c2ccccc2)C(C(=O)O)[C@@H]1c1ccccc1. The highest BCUT2D eigenvalue weighted by atomic mass is 16.5. The quantitative estimate of drug-likeness (QED) is 0.433. The van der Waals surface area contributed by atoms with Gasteiger partial charge in [0.25, 0.3) is 0 Å². The minimum Gasteiger partial charge on any atom is -0.481 e. The number of rotatable bonds is 10. The van der Waals surface area contributed by atoms with E-state index in [9.17, 15) is 14.7 Å². The second-order valence-electron chi connectivity index (χ2n) is 7.84. The zero-order chi connectivity index (χ0) is 20.6. The molecular formula is C25H30O4. The van der Waals surface area contributed by atoms with Crippen LogP contribution in [0.1, 0.15) is 62.0 Å². The molecule has 4 atom stereocenters. The predicted octanol–water partition coefficient (Wildman–Crippen LogP) is 5.40. The lowest BCUT2D eigenvalue weighted by atomic mass is 9.52. The lowest BCUT2D eigenvalue weighted by Gasteiger charge is -2.49. The molecule has 0 aromatic heterocycles. The third-order valence-electron chi connectivity index (χ3n) is 5.97. The third-order valence-corrected chi connectivity index (χ3v) is 5.97. The molecule has 0 amide bonds. The van der Waals surface area contributed by atoms with Gasteiger partial charge < -0.3 is 9.84 Å². The highest BCUT2D eigenvalue weighted by molar-refractivity contribution is 5.84. The minimum atomic E-state index is -0.865. The summed E-state index contributed by atoms with van der Waals surface area (Å²) in [4.78, 5) is 25.2. The fourth-order valence-corrected chi connectivity index (χ4v) is 4.50. The predicted molar refractivity (Wildman–Crippen MR) is 113 cm³/mol. The van der Waals surface area contributed by atoms with Crippen molar-refractivity contribution in [1.82, 2.24) is 0 Å². The monoisotopic (exact) mass is 394 g/mol. The van der Waals surface area contributed by atoms with E-state index in [1.54, 1.807) is 0 Å². The Morgan fingerprint density at radius 1 is 0.793 bits per heavy atom. The van der Waals surface area contributed by atoms with Crippen molar-refractivity contribution in [3.8, 4) is 0 Å². The number of carboxylic acid groups (broad SMARTS) is 1. The smallest absolute Gasteiger partial charge is 0.310 e. The van der Waals surface area contributed by atoms with Gasteiger partial charge in [0.1, 0.15) is 0 Å². The fourth-order valence-electron chi connectivity index (χ4n) is 4.50. The fraction of sp³-hybridized carbons (Fsp3) is 0.440. The van der Waals surface area contributed by atoms with Crippen LogP contribution in [0, 0.1) is 11.8 Å². The minimum absolute atomic E-state index is 0.277. The number of carbonyl (C=O) groups excluding carboxylic acids is 1. The lowest BCUT2D eigenvalue weighted by Crippen LogP contribution is -2.51. The molecule has 154 valence electrons. The van der Waals surface area contributed by atoms with Gasteiger partial charge in [-0.25, -0.2) is 0 Å². The Labute approximate surface area is 172 Å². The summed E-state index contributed by atoms with van der Waals surface area (Å²) in [5.74, 6) is -2.99. The lowest BCUT2D eigenvalue weighted by molar-refractivity contribution is -0.164. The molecule has 0 saturated heterocycles. The molecule has 0 aliphatic heterocycles. The summed E-state index contributed by atoms with van der Waals surface area (Å²) in [5.41, 5.74) is 1.77. The molecule has 4 nitrogen and oxygen atoms in total. The van der Waals surface area contributed by atoms with Gasteiger partial charge >= 0.3 is 11.9 Å². The van der Waals surface area contributed by atoms with Crippen LogP contribution in [0.15, 0.2) is 60.7 Å². The number of ether oxygens (including phenoxy) is 1. The Hall–Kier alpha value is -2.62. The molecule has 3 rings (SSSR count). The van der Waals surface area contributed by atoms with Crippen LogP contribution in [0.4, 0.5) is 0 Å². The Bertz CT molecular complexity index is 739. The third kappa shape index (κ3) is 4.87. The van der Waals surface area contributed by atoms with E-state index in [-0.39, 0.29) is 17.8 Å². The highest BCUT2D eigenvalue weighted by Crippen LogP contribution is 2.58. The number of hydrogen-bond donors (Lipinski definition) is 1. The molecule has 2 aromatic carbocycles. The Balaban J connectivity index is 1.78. The molecule has 2 unspecified atom stereocenters. The van der Waals surface area contributed by atoms with Crippen molar-refractivity contribution in [2.75, 3.05) is 6.61 Å². The van der Waals surface area contributed by atoms with Gasteiger partial charge in [-0.3, -0.25) is 9.59 Å². The zero-order valence-electron chi connectivity index (χ0n) is 17.0. The average Bonchev–Trinajstić information content (AvgIpc) is 2.71. The van der Waals surface area contributed by atoms with E-state index in [0.29, 0.717) is 6.61 Å². The molecule has 1 aliphatic rings. The van der Waals surface area contributed by atoms with Crippen LogP contribution in [0.3, 0.4) is 0 Å².